The van der Waals surface area contributed by atoms with E-state index < -0.39 is 0 Å². The molecule has 17 heavy (non-hydrogen) atoms. The highest BCUT2D eigenvalue weighted by Gasteiger charge is 2.42. The number of nitrogens with one attached hydrogen (secondary N) is 2. The molecule has 0 aromatic heterocycles. The van der Waals surface area contributed by atoms with Gasteiger partial charge in [-0.15, -0.1) is 0 Å². The molecular weight excluding hydrogens is 256 g/mol. The molecule has 2 fully saturated rings. The van der Waals surface area contributed by atoms with Crippen molar-refractivity contribution in [3.05, 3.63) is 0 Å². The summed E-state index contributed by atoms with van der Waals surface area (Å²) in [5.41, 5.74) is 0. The first kappa shape index (κ1) is 13.1. The monoisotopic (exact) mass is 274 g/mol. The molecular formula is C11H18N2O2S2. The lowest BCUT2D eigenvalue weighted by Crippen LogP contribution is -2.36. The topological polar surface area (TPSA) is 58.2 Å². The minimum Gasteiger partial charge on any atom is -0.332 e. The smallest absolute Gasteiger partial charge is 0.315 e. The van der Waals surface area contributed by atoms with Crippen molar-refractivity contribution >= 4 is 34.7 Å². The van der Waals surface area contributed by atoms with E-state index in [1.54, 1.807) is 0 Å². The van der Waals surface area contributed by atoms with Crippen molar-refractivity contribution in [1.82, 2.24) is 10.6 Å². The van der Waals surface area contributed by atoms with Crippen molar-refractivity contribution < 1.29 is 9.59 Å². The minimum atomic E-state index is -0.0251. The van der Waals surface area contributed by atoms with Crippen LogP contribution < -0.4 is 10.6 Å². The van der Waals surface area contributed by atoms with Crippen molar-refractivity contribution in [2.75, 3.05) is 12.0 Å². The zero-order chi connectivity index (χ0) is 12.3. The Kier molecular flexibility index (Phi) is 4.62. The Bertz CT molecular complexity index is 312. The highest BCUT2D eigenvalue weighted by molar-refractivity contribution is 8.13. The highest BCUT2D eigenvalue weighted by Crippen LogP contribution is 2.33. The standard InChI is InChI=1S/C11H18N2O2S2/c1-16-9(14)5-3-2-4-8-10-7(6-17-8)12-11(15)13-10/h7-8,10H,2-6H2,1H3,(H2,12,13,15)/t7-,8-,10-/m1/s1. The summed E-state index contributed by atoms with van der Waals surface area (Å²) in [5.74, 6) is 1.01. The fourth-order valence-corrected chi connectivity index (χ4v) is 4.25. The lowest BCUT2D eigenvalue weighted by Gasteiger charge is -2.16. The largest absolute Gasteiger partial charge is 0.332 e. The van der Waals surface area contributed by atoms with E-state index >= 15 is 0 Å². The van der Waals surface area contributed by atoms with Gasteiger partial charge in [0, 0.05) is 17.4 Å². The minimum absolute atomic E-state index is 0.0251. The number of thioether (sulfide) groups is 2. The predicted octanol–water partition coefficient (Wildman–Crippen LogP) is 1.60. The van der Waals surface area contributed by atoms with Crippen molar-refractivity contribution in [2.45, 2.75) is 43.0 Å². The lowest BCUT2D eigenvalue weighted by molar-refractivity contribution is -0.111. The normalized spacial score (nSPS) is 30.9. The molecule has 2 N–H and O–H groups in total. The first-order chi connectivity index (χ1) is 8.20. The quantitative estimate of drug-likeness (QED) is 0.590. The number of carbonyl (C=O) groups excluding carboxylic acids is 2. The van der Waals surface area contributed by atoms with Crippen LogP contribution in [0.25, 0.3) is 0 Å². The molecule has 3 atom stereocenters. The zero-order valence-corrected chi connectivity index (χ0v) is 11.5. The molecule has 2 aliphatic heterocycles. The highest BCUT2D eigenvalue weighted by atomic mass is 32.2. The van der Waals surface area contributed by atoms with Gasteiger partial charge in [0.25, 0.3) is 0 Å². The second-order valence-corrected chi connectivity index (χ2v) is 6.58. The van der Waals surface area contributed by atoms with Gasteiger partial charge in [-0.05, 0) is 19.1 Å². The summed E-state index contributed by atoms with van der Waals surface area (Å²) in [5, 5.41) is 6.71. The molecule has 0 spiro atoms. The van der Waals surface area contributed by atoms with E-state index in [-0.39, 0.29) is 11.1 Å². The predicted molar refractivity (Wildman–Crippen MR) is 72.5 cm³/mol. The number of fused-ring (bicyclic) bond motifs is 1. The van der Waals surface area contributed by atoms with Gasteiger partial charge in [0.05, 0.1) is 12.1 Å². The average molecular weight is 274 g/mol. The fraction of sp³-hybridized carbons (Fsp3) is 0.818. The summed E-state index contributed by atoms with van der Waals surface area (Å²) in [6.45, 7) is 0. The van der Waals surface area contributed by atoms with E-state index in [9.17, 15) is 9.59 Å². The van der Waals surface area contributed by atoms with Crippen LogP contribution in [-0.2, 0) is 4.79 Å². The molecule has 0 aliphatic carbocycles. The summed E-state index contributed by atoms with van der Waals surface area (Å²) in [4.78, 5) is 22.3. The second-order valence-electron chi connectivity index (χ2n) is 4.44. The van der Waals surface area contributed by atoms with Gasteiger partial charge < -0.3 is 10.6 Å². The number of unbranched alkanes of at least 4 members (excludes halogenated alkanes) is 1. The van der Waals surface area contributed by atoms with Crippen molar-refractivity contribution in [1.29, 1.82) is 0 Å². The van der Waals surface area contributed by atoms with Crippen molar-refractivity contribution in [2.24, 2.45) is 0 Å². The third-order valence-electron chi connectivity index (χ3n) is 3.29. The van der Waals surface area contributed by atoms with E-state index in [1.807, 2.05) is 18.0 Å². The Morgan fingerprint density at radius 3 is 3.06 bits per heavy atom. The molecule has 0 unspecified atom stereocenters. The third-order valence-corrected chi connectivity index (χ3v) is 5.45. The first-order valence-electron chi connectivity index (χ1n) is 5.96. The van der Waals surface area contributed by atoms with Crippen LogP contribution in [-0.4, -0.2) is 40.5 Å². The van der Waals surface area contributed by atoms with Crippen LogP contribution in [0.5, 0.6) is 0 Å². The third kappa shape index (κ3) is 3.31. The summed E-state index contributed by atoms with van der Waals surface area (Å²) >= 11 is 3.25. The van der Waals surface area contributed by atoms with Crippen LogP contribution in [0.15, 0.2) is 0 Å². The number of urea groups is 1. The Balaban J connectivity index is 1.66. The Hall–Kier alpha value is -0.360. The van der Waals surface area contributed by atoms with Crippen LogP contribution in [0.1, 0.15) is 25.7 Å². The van der Waals surface area contributed by atoms with Crippen LogP contribution in [0.3, 0.4) is 0 Å². The van der Waals surface area contributed by atoms with Crippen molar-refractivity contribution in [3.63, 3.8) is 0 Å². The first-order valence-corrected chi connectivity index (χ1v) is 8.23. The molecule has 0 saturated carbocycles. The lowest BCUT2D eigenvalue weighted by atomic mass is 10.0. The maximum absolute atomic E-state index is 11.2. The van der Waals surface area contributed by atoms with Crippen molar-refractivity contribution in [3.8, 4) is 0 Å². The molecule has 2 rings (SSSR count). The Morgan fingerprint density at radius 2 is 2.29 bits per heavy atom. The van der Waals surface area contributed by atoms with Gasteiger partial charge in [-0.25, -0.2) is 4.79 Å². The number of hydrogen-bond acceptors (Lipinski definition) is 4. The fourth-order valence-electron chi connectivity index (χ4n) is 2.36. The Morgan fingerprint density at radius 1 is 1.47 bits per heavy atom. The van der Waals surface area contributed by atoms with E-state index in [4.69, 9.17) is 0 Å². The van der Waals surface area contributed by atoms with Crippen LogP contribution >= 0.6 is 23.5 Å². The summed E-state index contributed by atoms with van der Waals surface area (Å²) < 4.78 is 0. The number of rotatable bonds is 5. The maximum atomic E-state index is 11.2. The van der Waals surface area contributed by atoms with Gasteiger partial charge in [-0.3, -0.25) is 4.79 Å². The van der Waals surface area contributed by atoms with E-state index in [2.05, 4.69) is 10.6 Å². The van der Waals surface area contributed by atoms with Gasteiger partial charge in [-0.1, -0.05) is 18.2 Å². The summed E-state index contributed by atoms with van der Waals surface area (Å²) in [6.07, 6.45) is 5.64. The number of hydrogen-bond donors (Lipinski definition) is 2. The SMILES string of the molecule is CSC(=O)CCCC[C@H]1SC[C@H]2NC(=O)N[C@H]21. The van der Waals surface area contributed by atoms with Crippen LogP contribution in [0, 0.1) is 0 Å². The van der Waals surface area contributed by atoms with Gasteiger partial charge in [0.2, 0.25) is 0 Å². The second kappa shape index (κ2) is 6.00. The molecule has 2 saturated heterocycles. The molecule has 4 nitrogen and oxygen atoms in total. The van der Waals surface area contributed by atoms with Gasteiger partial charge in [0.1, 0.15) is 0 Å². The molecule has 2 amide bonds. The molecule has 0 aromatic carbocycles. The zero-order valence-electron chi connectivity index (χ0n) is 9.90. The molecule has 2 aliphatic rings. The van der Waals surface area contributed by atoms with Gasteiger partial charge >= 0.3 is 6.03 Å². The molecule has 0 radical (unpaired) electrons. The van der Waals surface area contributed by atoms with Crippen LogP contribution in [0.4, 0.5) is 4.79 Å². The summed E-state index contributed by atoms with van der Waals surface area (Å²) in [6, 6.07) is 0.581. The summed E-state index contributed by atoms with van der Waals surface area (Å²) in [7, 11) is 0. The Labute approximate surface area is 110 Å². The number of amides is 2. The van der Waals surface area contributed by atoms with E-state index in [1.165, 1.54) is 11.8 Å². The van der Waals surface area contributed by atoms with E-state index in [0.29, 0.717) is 23.8 Å². The maximum Gasteiger partial charge on any atom is 0.315 e. The molecule has 6 heteroatoms. The molecule has 0 aromatic rings. The van der Waals surface area contributed by atoms with Crippen LogP contribution in [0.2, 0.25) is 0 Å². The van der Waals surface area contributed by atoms with Gasteiger partial charge in [-0.2, -0.15) is 11.8 Å². The molecule has 0 bridgehead atoms. The van der Waals surface area contributed by atoms with E-state index in [0.717, 1.165) is 25.0 Å². The molecule has 2 heterocycles. The van der Waals surface area contributed by atoms with Gasteiger partial charge in [0.15, 0.2) is 5.12 Å². The average Bonchev–Trinajstić information content (AvgIpc) is 2.84. The number of carbonyl (C=O) groups is 2. The molecule has 96 valence electrons.